The van der Waals surface area contributed by atoms with E-state index in [1.165, 1.54) is 6.07 Å². The van der Waals surface area contributed by atoms with E-state index in [4.69, 9.17) is 17.3 Å². The summed E-state index contributed by atoms with van der Waals surface area (Å²) in [6.07, 6.45) is 0. The highest BCUT2D eigenvalue weighted by Crippen LogP contribution is 2.25. The summed E-state index contributed by atoms with van der Waals surface area (Å²) in [5, 5.41) is 5.56. The molecule has 0 aliphatic heterocycles. The predicted molar refractivity (Wildman–Crippen MR) is 72.2 cm³/mol. The standard InChI is InChI=1S/C12H17ClFN3O/c1-12(2,3)17-11(18)6-16-10-4-7(13)8(14)5-9(10)15/h4-5,16H,6,15H2,1-3H3,(H,17,18). The van der Waals surface area contributed by atoms with Gasteiger partial charge in [-0.05, 0) is 26.8 Å². The van der Waals surface area contributed by atoms with Crippen molar-refractivity contribution in [2.75, 3.05) is 17.6 Å². The second kappa shape index (κ2) is 5.44. The molecule has 0 spiro atoms. The summed E-state index contributed by atoms with van der Waals surface area (Å²) in [5.74, 6) is -0.763. The molecule has 100 valence electrons. The highest BCUT2D eigenvalue weighted by Gasteiger charge is 2.14. The number of rotatable bonds is 3. The quantitative estimate of drug-likeness (QED) is 0.741. The van der Waals surface area contributed by atoms with Gasteiger partial charge in [0.15, 0.2) is 0 Å². The van der Waals surface area contributed by atoms with E-state index < -0.39 is 5.82 Å². The van der Waals surface area contributed by atoms with Crippen LogP contribution < -0.4 is 16.4 Å². The smallest absolute Gasteiger partial charge is 0.239 e. The van der Waals surface area contributed by atoms with Crippen LogP contribution in [0.2, 0.25) is 5.02 Å². The SMILES string of the molecule is CC(C)(C)NC(=O)CNc1cc(Cl)c(F)cc1N. The maximum Gasteiger partial charge on any atom is 0.239 e. The zero-order chi connectivity index (χ0) is 13.9. The van der Waals surface area contributed by atoms with Gasteiger partial charge in [0, 0.05) is 11.6 Å². The predicted octanol–water partition coefficient (Wildman–Crippen LogP) is 2.39. The summed E-state index contributed by atoms with van der Waals surface area (Å²) in [7, 11) is 0. The number of anilines is 2. The van der Waals surface area contributed by atoms with E-state index in [9.17, 15) is 9.18 Å². The van der Waals surface area contributed by atoms with Crippen molar-refractivity contribution in [1.29, 1.82) is 0 Å². The average Bonchev–Trinajstić information content (AvgIpc) is 2.19. The van der Waals surface area contributed by atoms with Crippen molar-refractivity contribution in [3.63, 3.8) is 0 Å². The number of nitrogens with one attached hydrogen (secondary N) is 2. The summed E-state index contributed by atoms with van der Waals surface area (Å²) in [5.41, 5.74) is 5.95. The van der Waals surface area contributed by atoms with E-state index in [-0.39, 0.29) is 28.7 Å². The normalized spacial score (nSPS) is 11.2. The van der Waals surface area contributed by atoms with Crippen LogP contribution >= 0.6 is 11.6 Å². The molecule has 0 aliphatic rings. The lowest BCUT2D eigenvalue weighted by atomic mass is 10.1. The number of nitrogens with two attached hydrogens (primary N) is 1. The van der Waals surface area contributed by atoms with Crippen LogP contribution in [0.1, 0.15) is 20.8 Å². The maximum absolute atomic E-state index is 13.1. The van der Waals surface area contributed by atoms with Gasteiger partial charge in [-0.15, -0.1) is 0 Å². The van der Waals surface area contributed by atoms with Crippen molar-refractivity contribution in [1.82, 2.24) is 5.32 Å². The molecule has 0 unspecified atom stereocenters. The van der Waals surface area contributed by atoms with Gasteiger partial charge in [-0.3, -0.25) is 4.79 Å². The number of hydrogen-bond acceptors (Lipinski definition) is 3. The first kappa shape index (κ1) is 14.6. The number of amides is 1. The molecule has 1 aromatic carbocycles. The Morgan fingerprint density at radius 1 is 1.44 bits per heavy atom. The Kier molecular flexibility index (Phi) is 4.40. The van der Waals surface area contributed by atoms with Gasteiger partial charge in [0.05, 0.1) is 22.9 Å². The molecule has 0 saturated heterocycles. The molecule has 0 atom stereocenters. The molecular weight excluding hydrogens is 257 g/mol. The second-order valence-electron chi connectivity index (χ2n) is 5.01. The molecule has 0 heterocycles. The number of carbonyl (C=O) groups is 1. The zero-order valence-corrected chi connectivity index (χ0v) is 11.4. The minimum Gasteiger partial charge on any atom is -0.397 e. The molecule has 0 bridgehead atoms. The molecule has 0 aliphatic carbocycles. The summed E-state index contributed by atoms with van der Waals surface area (Å²) in [4.78, 5) is 11.6. The van der Waals surface area contributed by atoms with Gasteiger partial charge < -0.3 is 16.4 Å². The third-order valence-electron chi connectivity index (χ3n) is 2.05. The van der Waals surface area contributed by atoms with Gasteiger partial charge in [-0.25, -0.2) is 4.39 Å². The Balaban J connectivity index is 2.64. The number of halogens is 2. The fraction of sp³-hybridized carbons (Fsp3) is 0.417. The van der Waals surface area contributed by atoms with Crippen LogP contribution in [0.4, 0.5) is 15.8 Å². The lowest BCUT2D eigenvalue weighted by Gasteiger charge is -2.21. The van der Waals surface area contributed by atoms with Crippen molar-refractivity contribution < 1.29 is 9.18 Å². The van der Waals surface area contributed by atoms with Crippen molar-refractivity contribution in [3.05, 3.63) is 23.0 Å². The van der Waals surface area contributed by atoms with Gasteiger partial charge in [0.25, 0.3) is 0 Å². The molecule has 1 amide bonds. The summed E-state index contributed by atoms with van der Waals surface area (Å²) in [6, 6.07) is 2.48. The van der Waals surface area contributed by atoms with Gasteiger partial charge in [0.1, 0.15) is 5.82 Å². The first-order valence-corrected chi connectivity index (χ1v) is 5.86. The van der Waals surface area contributed by atoms with Gasteiger partial charge in [-0.2, -0.15) is 0 Å². The molecule has 0 saturated carbocycles. The van der Waals surface area contributed by atoms with Crippen LogP contribution in [0.15, 0.2) is 12.1 Å². The fourth-order valence-corrected chi connectivity index (χ4v) is 1.52. The Hall–Kier alpha value is -1.49. The van der Waals surface area contributed by atoms with Crippen LogP contribution in [-0.2, 0) is 4.79 Å². The Morgan fingerprint density at radius 3 is 2.61 bits per heavy atom. The molecule has 1 rings (SSSR count). The summed E-state index contributed by atoms with van der Waals surface area (Å²) in [6.45, 7) is 5.69. The number of carbonyl (C=O) groups excluding carboxylic acids is 1. The zero-order valence-electron chi connectivity index (χ0n) is 10.6. The molecule has 0 aromatic heterocycles. The van der Waals surface area contributed by atoms with Crippen molar-refractivity contribution in [2.24, 2.45) is 0 Å². The Bertz CT molecular complexity index is 457. The minimum atomic E-state index is -0.584. The van der Waals surface area contributed by atoms with Crippen LogP contribution in [0.3, 0.4) is 0 Å². The van der Waals surface area contributed by atoms with Crippen molar-refractivity contribution in [2.45, 2.75) is 26.3 Å². The molecule has 4 N–H and O–H groups in total. The van der Waals surface area contributed by atoms with Crippen LogP contribution in [0, 0.1) is 5.82 Å². The van der Waals surface area contributed by atoms with Crippen molar-refractivity contribution in [3.8, 4) is 0 Å². The average molecular weight is 274 g/mol. The minimum absolute atomic E-state index is 0.0390. The number of hydrogen-bond donors (Lipinski definition) is 3. The lowest BCUT2D eigenvalue weighted by Crippen LogP contribution is -2.43. The van der Waals surface area contributed by atoms with Gasteiger partial charge >= 0.3 is 0 Å². The fourth-order valence-electron chi connectivity index (χ4n) is 1.35. The third kappa shape index (κ3) is 4.41. The molecule has 4 nitrogen and oxygen atoms in total. The van der Waals surface area contributed by atoms with E-state index in [0.29, 0.717) is 5.69 Å². The van der Waals surface area contributed by atoms with Crippen molar-refractivity contribution >= 4 is 28.9 Å². The highest BCUT2D eigenvalue weighted by atomic mass is 35.5. The van der Waals surface area contributed by atoms with Crippen LogP contribution in [0.25, 0.3) is 0 Å². The first-order chi connectivity index (χ1) is 8.19. The number of nitrogen functional groups attached to an aromatic ring is 1. The molecular formula is C12H17ClFN3O. The van der Waals surface area contributed by atoms with E-state index in [1.807, 2.05) is 20.8 Å². The van der Waals surface area contributed by atoms with E-state index in [1.54, 1.807) is 0 Å². The van der Waals surface area contributed by atoms with E-state index in [2.05, 4.69) is 10.6 Å². The molecule has 1 aromatic rings. The Labute approximate surface area is 111 Å². The summed E-state index contributed by atoms with van der Waals surface area (Å²) < 4.78 is 13.1. The van der Waals surface area contributed by atoms with Crippen LogP contribution in [0.5, 0.6) is 0 Å². The molecule has 0 fully saturated rings. The molecule has 0 radical (unpaired) electrons. The largest absolute Gasteiger partial charge is 0.397 e. The second-order valence-corrected chi connectivity index (χ2v) is 5.41. The monoisotopic (exact) mass is 273 g/mol. The highest BCUT2D eigenvalue weighted by molar-refractivity contribution is 6.31. The van der Waals surface area contributed by atoms with Gasteiger partial charge in [0.2, 0.25) is 5.91 Å². The molecule has 6 heteroatoms. The van der Waals surface area contributed by atoms with E-state index in [0.717, 1.165) is 6.07 Å². The summed E-state index contributed by atoms with van der Waals surface area (Å²) >= 11 is 5.64. The van der Waals surface area contributed by atoms with E-state index >= 15 is 0 Å². The maximum atomic E-state index is 13.1. The third-order valence-corrected chi connectivity index (χ3v) is 2.34. The lowest BCUT2D eigenvalue weighted by molar-refractivity contribution is -0.120. The van der Waals surface area contributed by atoms with Crippen LogP contribution in [-0.4, -0.2) is 18.0 Å². The first-order valence-electron chi connectivity index (χ1n) is 5.48. The number of benzene rings is 1. The molecule has 18 heavy (non-hydrogen) atoms. The topological polar surface area (TPSA) is 67.2 Å². The van der Waals surface area contributed by atoms with Gasteiger partial charge in [-0.1, -0.05) is 11.6 Å². The Morgan fingerprint density at radius 2 is 2.06 bits per heavy atom.